The number of allylic oxidation sites excluding steroid dienone is 2. The van der Waals surface area contributed by atoms with E-state index in [0.29, 0.717) is 19.3 Å². The van der Waals surface area contributed by atoms with Gasteiger partial charge in [0.25, 0.3) is 0 Å². The number of unbranched alkanes of at least 4 members (excludes halogenated alkanes) is 36. The van der Waals surface area contributed by atoms with Crippen LogP contribution in [-0.4, -0.2) is 37.2 Å². The molecule has 6 heteroatoms. The molecule has 0 rings (SSSR count). The van der Waals surface area contributed by atoms with Gasteiger partial charge >= 0.3 is 17.9 Å². The van der Waals surface area contributed by atoms with Crippen LogP contribution in [0.15, 0.2) is 12.2 Å². The van der Waals surface area contributed by atoms with Crippen molar-refractivity contribution >= 4 is 17.9 Å². The molecular weight excluding hydrogens is 745 g/mol. The van der Waals surface area contributed by atoms with Crippen LogP contribution in [0.2, 0.25) is 0 Å². The molecule has 0 saturated heterocycles. The molecule has 0 fully saturated rings. The van der Waals surface area contributed by atoms with Gasteiger partial charge in [0.05, 0.1) is 0 Å². The molecule has 0 amide bonds. The van der Waals surface area contributed by atoms with Crippen LogP contribution in [0.4, 0.5) is 0 Å². The molecule has 1 atom stereocenters. The number of esters is 3. The highest BCUT2D eigenvalue weighted by molar-refractivity contribution is 5.71. The molecule has 0 aliphatic heterocycles. The predicted molar refractivity (Wildman–Crippen MR) is 256 cm³/mol. The van der Waals surface area contributed by atoms with Crippen molar-refractivity contribution in [3.63, 3.8) is 0 Å². The highest BCUT2D eigenvalue weighted by Crippen LogP contribution is 2.16. The van der Waals surface area contributed by atoms with Crippen molar-refractivity contribution in [3.05, 3.63) is 12.2 Å². The molecule has 354 valence electrons. The Morgan fingerprint density at radius 2 is 0.550 bits per heavy atom. The monoisotopic (exact) mass is 847 g/mol. The van der Waals surface area contributed by atoms with Crippen molar-refractivity contribution < 1.29 is 28.6 Å². The van der Waals surface area contributed by atoms with Crippen molar-refractivity contribution in [2.24, 2.45) is 0 Å². The SMILES string of the molecule is CCCCCCCC/C=C\CCCCCCCC(=O)O[C@H](COC(=O)CCCCCCCCCCCCC)COC(=O)CCCCCCCCCCCCCCCCCC. The van der Waals surface area contributed by atoms with E-state index in [1.54, 1.807) is 0 Å². The molecule has 6 nitrogen and oxygen atoms in total. The van der Waals surface area contributed by atoms with Crippen LogP contribution < -0.4 is 0 Å². The predicted octanol–water partition coefficient (Wildman–Crippen LogP) is 17.4. The first kappa shape index (κ1) is 58.1. The number of rotatable bonds is 49. The zero-order valence-electron chi connectivity index (χ0n) is 40.5. The van der Waals surface area contributed by atoms with E-state index in [2.05, 4.69) is 32.9 Å². The quantitative estimate of drug-likeness (QED) is 0.0263. The summed E-state index contributed by atoms with van der Waals surface area (Å²) >= 11 is 0. The topological polar surface area (TPSA) is 78.9 Å². The molecule has 0 saturated carbocycles. The van der Waals surface area contributed by atoms with Gasteiger partial charge in [-0.2, -0.15) is 0 Å². The first-order valence-corrected chi connectivity index (χ1v) is 26.7. The second kappa shape index (κ2) is 49.8. The lowest BCUT2D eigenvalue weighted by atomic mass is 10.0. The highest BCUT2D eigenvalue weighted by atomic mass is 16.6. The summed E-state index contributed by atoms with van der Waals surface area (Å²) in [7, 11) is 0. The fraction of sp³-hybridized carbons (Fsp3) is 0.907. The van der Waals surface area contributed by atoms with Crippen molar-refractivity contribution in [1.29, 1.82) is 0 Å². The van der Waals surface area contributed by atoms with Gasteiger partial charge in [0, 0.05) is 19.3 Å². The van der Waals surface area contributed by atoms with Gasteiger partial charge in [0.2, 0.25) is 0 Å². The summed E-state index contributed by atoms with van der Waals surface area (Å²) in [6, 6.07) is 0. The van der Waals surface area contributed by atoms with Gasteiger partial charge in [-0.05, 0) is 44.9 Å². The molecule has 60 heavy (non-hydrogen) atoms. The smallest absolute Gasteiger partial charge is 0.306 e. The average molecular weight is 847 g/mol. The average Bonchev–Trinajstić information content (AvgIpc) is 3.24. The van der Waals surface area contributed by atoms with Crippen LogP contribution in [0.25, 0.3) is 0 Å². The van der Waals surface area contributed by atoms with E-state index < -0.39 is 6.10 Å². The third-order valence-corrected chi connectivity index (χ3v) is 12.0. The number of hydrogen-bond donors (Lipinski definition) is 0. The first-order chi connectivity index (χ1) is 29.5. The lowest BCUT2D eigenvalue weighted by molar-refractivity contribution is -0.167. The van der Waals surface area contributed by atoms with E-state index in [9.17, 15) is 14.4 Å². The van der Waals surface area contributed by atoms with Crippen LogP contribution in [-0.2, 0) is 28.6 Å². The molecule has 0 aromatic rings. The minimum Gasteiger partial charge on any atom is -0.462 e. The van der Waals surface area contributed by atoms with Gasteiger partial charge in [-0.25, -0.2) is 0 Å². The van der Waals surface area contributed by atoms with Gasteiger partial charge in [-0.1, -0.05) is 245 Å². The summed E-state index contributed by atoms with van der Waals surface area (Å²) in [5, 5.41) is 0. The van der Waals surface area contributed by atoms with Crippen LogP contribution in [0.1, 0.15) is 297 Å². The van der Waals surface area contributed by atoms with Crippen LogP contribution in [0.5, 0.6) is 0 Å². The molecule has 0 spiro atoms. The number of hydrogen-bond acceptors (Lipinski definition) is 6. The summed E-state index contributed by atoms with van der Waals surface area (Å²) in [4.78, 5) is 38.0. The number of carbonyl (C=O) groups is 3. The van der Waals surface area contributed by atoms with E-state index in [1.165, 1.54) is 193 Å². The molecule has 0 N–H and O–H groups in total. The van der Waals surface area contributed by atoms with Gasteiger partial charge in [-0.3, -0.25) is 14.4 Å². The molecule has 0 radical (unpaired) electrons. The van der Waals surface area contributed by atoms with Crippen molar-refractivity contribution in [2.45, 2.75) is 303 Å². The Labute approximate surface area is 373 Å². The molecule has 0 aromatic carbocycles. The molecular formula is C54H102O6. The molecule has 0 heterocycles. The van der Waals surface area contributed by atoms with Crippen LogP contribution in [0, 0.1) is 0 Å². The molecule has 0 bridgehead atoms. The van der Waals surface area contributed by atoms with Gasteiger partial charge in [-0.15, -0.1) is 0 Å². The van der Waals surface area contributed by atoms with Gasteiger partial charge in [0.1, 0.15) is 13.2 Å². The zero-order chi connectivity index (χ0) is 43.7. The van der Waals surface area contributed by atoms with E-state index >= 15 is 0 Å². The third-order valence-electron chi connectivity index (χ3n) is 12.0. The Morgan fingerprint density at radius 1 is 0.317 bits per heavy atom. The molecule has 0 aliphatic carbocycles. The van der Waals surface area contributed by atoms with Gasteiger partial charge < -0.3 is 14.2 Å². The summed E-state index contributed by atoms with van der Waals surface area (Å²) in [6.07, 6.45) is 54.8. The van der Waals surface area contributed by atoms with E-state index in [0.717, 1.165) is 64.2 Å². The minimum atomic E-state index is -0.767. The second-order valence-electron chi connectivity index (χ2n) is 18.2. The van der Waals surface area contributed by atoms with E-state index in [1.807, 2.05) is 0 Å². The third kappa shape index (κ3) is 47.2. The Morgan fingerprint density at radius 3 is 0.833 bits per heavy atom. The Balaban J connectivity index is 4.31. The maximum absolute atomic E-state index is 12.8. The van der Waals surface area contributed by atoms with Gasteiger partial charge in [0.15, 0.2) is 6.10 Å². The summed E-state index contributed by atoms with van der Waals surface area (Å²) < 4.78 is 16.8. The standard InChI is InChI=1S/C54H102O6/c1-4-7-10-13-16-19-22-24-26-28-29-32-35-38-41-44-47-53(56)59-50-51(49-58-52(55)46-43-40-37-34-31-21-18-15-12-9-6-3)60-54(57)48-45-42-39-36-33-30-27-25-23-20-17-14-11-8-5-2/h25,27,51H,4-24,26,28-50H2,1-3H3/b27-25-/t51-/m1/s1. The molecule has 0 aromatic heterocycles. The Hall–Kier alpha value is -1.85. The first-order valence-electron chi connectivity index (χ1n) is 26.7. The Bertz CT molecular complexity index is 931. The normalized spacial score (nSPS) is 12.0. The van der Waals surface area contributed by atoms with Crippen molar-refractivity contribution in [1.82, 2.24) is 0 Å². The summed E-state index contributed by atoms with van der Waals surface area (Å²) in [6.45, 7) is 6.66. The molecule has 0 aliphatic rings. The highest BCUT2D eigenvalue weighted by Gasteiger charge is 2.19. The van der Waals surface area contributed by atoms with Crippen molar-refractivity contribution in [3.8, 4) is 0 Å². The second-order valence-corrected chi connectivity index (χ2v) is 18.2. The van der Waals surface area contributed by atoms with Crippen LogP contribution in [0.3, 0.4) is 0 Å². The fourth-order valence-corrected chi connectivity index (χ4v) is 7.97. The molecule has 0 unspecified atom stereocenters. The van der Waals surface area contributed by atoms with Crippen LogP contribution >= 0.6 is 0 Å². The lowest BCUT2D eigenvalue weighted by Crippen LogP contribution is -2.30. The summed E-state index contributed by atoms with van der Waals surface area (Å²) in [5.41, 5.74) is 0. The number of carbonyl (C=O) groups excluding carboxylic acids is 3. The summed E-state index contributed by atoms with van der Waals surface area (Å²) in [5.74, 6) is -0.859. The Kier molecular flexibility index (Phi) is 48.3. The zero-order valence-corrected chi connectivity index (χ0v) is 40.5. The van der Waals surface area contributed by atoms with Crippen molar-refractivity contribution in [2.75, 3.05) is 13.2 Å². The fourth-order valence-electron chi connectivity index (χ4n) is 7.97. The largest absolute Gasteiger partial charge is 0.462 e. The van der Waals surface area contributed by atoms with E-state index in [-0.39, 0.29) is 31.1 Å². The van der Waals surface area contributed by atoms with E-state index in [4.69, 9.17) is 14.2 Å². The number of ether oxygens (including phenoxy) is 3. The maximum Gasteiger partial charge on any atom is 0.306 e. The minimum absolute atomic E-state index is 0.0679. The lowest BCUT2D eigenvalue weighted by Gasteiger charge is -2.18. The maximum atomic E-state index is 12.8.